The number of nitrogens with zero attached hydrogens (tertiary/aromatic N) is 1. The summed E-state index contributed by atoms with van der Waals surface area (Å²) >= 11 is 0. The summed E-state index contributed by atoms with van der Waals surface area (Å²) in [6, 6.07) is 5.26. The van der Waals surface area contributed by atoms with Gasteiger partial charge in [-0.25, -0.2) is 8.42 Å². The largest absolute Gasteiger partial charge is 0.495 e. The smallest absolute Gasteiger partial charge is 0.399 e. The molecule has 2 aliphatic rings. The van der Waals surface area contributed by atoms with Crippen LogP contribution in [0.3, 0.4) is 0 Å². The van der Waals surface area contributed by atoms with Gasteiger partial charge in [-0.2, -0.15) is 4.31 Å². The molecule has 25 heavy (non-hydrogen) atoms. The van der Waals surface area contributed by atoms with E-state index >= 15 is 0 Å². The molecule has 0 amide bonds. The van der Waals surface area contributed by atoms with Crippen molar-refractivity contribution in [1.82, 2.24) is 4.31 Å². The number of benzene rings is 1. The maximum atomic E-state index is 13.0. The van der Waals surface area contributed by atoms with Crippen LogP contribution in [0.1, 0.15) is 52.5 Å². The molecule has 0 aromatic heterocycles. The summed E-state index contributed by atoms with van der Waals surface area (Å²) in [5, 5.41) is 0. The first-order chi connectivity index (χ1) is 11.5. The van der Waals surface area contributed by atoms with Gasteiger partial charge in [0.1, 0.15) is 0 Å². The number of hydrogen-bond donors (Lipinski definition) is 0. The van der Waals surface area contributed by atoms with E-state index in [1.807, 2.05) is 40.7 Å². The number of rotatable bonds is 3. The molecule has 3 rings (SSSR count). The predicted octanol–water partition coefficient (Wildman–Crippen LogP) is 2.47. The maximum Gasteiger partial charge on any atom is 0.495 e. The van der Waals surface area contributed by atoms with Crippen LogP contribution >= 0.6 is 0 Å². The SMILES string of the molecule is Cc1ccc(S(=O)(=O)N2CCCCC2)cc1B1OC(C)(C)C(C)(C)O1. The first-order valence-electron chi connectivity index (χ1n) is 9.01. The molecule has 0 aliphatic carbocycles. The molecule has 2 saturated heterocycles. The van der Waals surface area contributed by atoms with Gasteiger partial charge in [-0.15, -0.1) is 0 Å². The minimum Gasteiger partial charge on any atom is -0.399 e. The third kappa shape index (κ3) is 3.39. The lowest BCUT2D eigenvalue weighted by Crippen LogP contribution is -2.41. The van der Waals surface area contributed by atoms with Crippen molar-refractivity contribution in [1.29, 1.82) is 0 Å². The van der Waals surface area contributed by atoms with E-state index in [1.54, 1.807) is 16.4 Å². The summed E-state index contributed by atoms with van der Waals surface area (Å²) < 4.78 is 39.7. The topological polar surface area (TPSA) is 55.8 Å². The number of aryl methyl sites for hydroxylation is 1. The van der Waals surface area contributed by atoms with Crippen molar-refractivity contribution in [3.05, 3.63) is 23.8 Å². The van der Waals surface area contributed by atoms with E-state index in [0.29, 0.717) is 18.0 Å². The molecule has 138 valence electrons. The molecule has 0 saturated carbocycles. The van der Waals surface area contributed by atoms with Gasteiger partial charge in [-0.05, 0) is 65.1 Å². The standard InChI is InChI=1S/C18H28BNO4S/c1-14-9-10-15(25(21,22)20-11-7-6-8-12-20)13-16(14)19-23-17(2,3)18(4,5)24-19/h9-10,13H,6-8,11-12H2,1-5H3. The average Bonchev–Trinajstić information content (AvgIpc) is 2.76. The van der Waals surface area contributed by atoms with E-state index in [9.17, 15) is 8.42 Å². The molecule has 7 heteroatoms. The van der Waals surface area contributed by atoms with E-state index in [2.05, 4.69) is 0 Å². The Hall–Kier alpha value is -0.885. The quantitative estimate of drug-likeness (QED) is 0.773. The van der Waals surface area contributed by atoms with Gasteiger partial charge in [-0.3, -0.25) is 0 Å². The molecule has 2 fully saturated rings. The molecule has 1 aromatic carbocycles. The summed E-state index contributed by atoms with van der Waals surface area (Å²) in [5.41, 5.74) is 0.852. The lowest BCUT2D eigenvalue weighted by molar-refractivity contribution is 0.00578. The van der Waals surface area contributed by atoms with Crippen molar-refractivity contribution >= 4 is 22.6 Å². The third-order valence-electron chi connectivity index (χ3n) is 5.71. The zero-order valence-corrected chi connectivity index (χ0v) is 16.6. The van der Waals surface area contributed by atoms with E-state index in [1.165, 1.54) is 0 Å². The Morgan fingerprint density at radius 3 is 2.12 bits per heavy atom. The highest BCUT2D eigenvalue weighted by atomic mass is 32.2. The molecule has 0 radical (unpaired) electrons. The van der Waals surface area contributed by atoms with Gasteiger partial charge in [0.25, 0.3) is 0 Å². The van der Waals surface area contributed by atoms with Crippen LogP contribution in [0.4, 0.5) is 0 Å². The van der Waals surface area contributed by atoms with Gasteiger partial charge in [0, 0.05) is 13.1 Å². The van der Waals surface area contributed by atoms with Crippen molar-refractivity contribution in [2.45, 2.75) is 70.0 Å². The highest BCUT2D eigenvalue weighted by molar-refractivity contribution is 7.89. The molecule has 0 atom stereocenters. The second-order valence-corrected chi connectivity index (χ2v) is 10.0. The predicted molar refractivity (Wildman–Crippen MR) is 99.5 cm³/mol. The molecular formula is C18H28BNO4S. The van der Waals surface area contributed by atoms with E-state index in [-0.39, 0.29) is 0 Å². The second kappa shape index (κ2) is 6.37. The van der Waals surface area contributed by atoms with E-state index < -0.39 is 28.3 Å². The number of piperidine rings is 1. The summed E-state index contributed by atoms with van der Waals surface area (Å²) in [7, 11) is -4.02. The molecule has 2 aliphatic heterocycles. The molecule has 0 unspecified atom stereocenters. The van der Waals surface area contributed by atoms with E-state index in [4.69, 9.17) is 9.31 Å². The summed E-state index contributed by atoms with van der Waals surface area (Å²) in [6.45, 7) is 11.1. The van der Waals surface area contributed by atoms with Gasteiger partial charge < -0.3 is 9.31 Å². The molecular weight excluding hydrogens is 337 g/mol. The maximum absolute atomic E-state index is 13.0. The summed E-state index contributed by atoms with van der Waals surface area (Å²) in [6.07, 6.45) is 2.95. The van der Waals surface area contributed by atoms with Crippen LogP contribution in [0.5, 0.6) is 0 Å². The normalized spacial score (nSPS) is 23.8. The van der Waals surface area contributed by atoms with Crippen molar-refractivity contribution in [2.24, 2.45) is 0 Å². The van der Waals surface area contributed by atoms with Crippen LogP contribution in [0.2, 0.25) is 0 Å². The zero-order valence-electron chi connectivity index (χ0n) is 15.8. The zero-order chi connectivity index (χ0) is 18.5. The Morgan fingerprint density at radius 1 is 1.00 bits per heavy atom. The van der Waals surface area contributed by atoms with Crippen LogP contribution in [0.15, 0.2) is 23.1 Å². The molecule has 2 heterocycles. The van der Waals surface area contributed by atoms with Gasteiger partial charge in [0.05, 0.1) is 16.1 Å². The average molecular weight is 365 g/mol. The molecule has 0 N–H and O–H groups in total. The summed E-state index contributed by atoms with van der Waals surface area (Å²) in [4.78, 5) is 0.324. The number of sulfonamides is 1. The third-order valence-corrected chi connectivity index (χ3v) is 7.61. The minimum absolute atomic E-state index is 0.324. The first kappa shape index (κ1) is 18.9. The molecule has 0 bridgehead atoms. The summed E-state index contributed by atoms with van der Waals surface area (Å²) in [5.74, 6) is 0. The lowest BCUT2D eigenvalue weighted by atomic mass is 9.76. The van der Waals surface area contributed by atoms with Crippen LogP contribution in [-0.4, -0.2) is 44.1 Å². The van der Waals surface area contributed by atoms with Crippen molar-refractivity contribution in [2.75, 3.05) is 13.1 Å². The van der Waals surface area contributed by atoms with Crippen molar-refractivity contribution < 1.29 is 17.7 Å². The molecule has 0 spiro atoms. The van der Waals surface area contributed by atoms with Crippen molar-refractivity contribution in [3.8, 4) is 0 Å². The fourth-order valence-corrected chi connectivity index (χ4v) is 4.81. The highest BCUT2D eigenvalue weighted by Crippen LogP contribution is 2.37. The Kier molecular flexibility index (Phi) is 4.82. The monoisotopic (exact) mass is 365 g/mol. The Balaban J connectivity index is 1.94. The van der Waals surface area contributed by atoms with Crippen LogP contribution < -0.4 is 5.46 Å². The first-order valence-corrected chi connectivity index (χ1v) is 10.4. The van der Waals surface area contributed by atoms with Gasteiger partial charge >= 0.3 is 7.12 Å². The highest BCUT2D eigenvalue weighted by Gasteiger charge is 2.52. The fourth-order valence-electron chi connectivity index (χ4n) is 3.26. The molecule has 5 nitrogen and oxygen atoms in total. The van der Waals surface area contributed by atoms with Crippen LogP contribution in [0, 0.1) is 6.92 Å². The van der Waals surface area contributed by atoms with Gasteiger partial charge in [-0.1, -0.05) is 18.1 Å². The van der Waals surface area contributed by atoms with Crippen molar-refractivity contribution in [3.63, 3.8) is 0 Å². The van der Waals surface area contributed by atoms with Gasteiger partial charge in [0.2, 0.25) is 10.0 Å². The van der Waals surface area contributed by atoms with Gasteiger partial charge in [0.15, 0.2) is 0 Å². The van der Waals surface area contributed by atoms with Crippen LogP contribution in [0.25, 0.3) is 0 Å². The van der Waals surface area contributed by atoms with Crippen LogP contribution in [-0.2, 0) is 19.3 Å². The van der Waals surface area contributed by atoms with E-state index in [0.717, 1.165) is 30.3 Å². The minimum atomic E-state index is -3.47. The second-order valence-electron chi connectivity index (χ2n) is 8.07. The lowest BCUT2D eigenvalue weighted by Gasteiger charge is -2.32. The Morgan fingerprint density at radius 2 is 1.56 bits per heavy atom. The Bertz CT molecular complexity index is 738. The Labute approximate surface area is 151 Å². The fraction of sp³-hybridized carbons (Fsp3) is 0.667. The number of hydrogen-bond acceptors (Lipinski definition) is 4. The molecule has 1 aromatic rings.